The Bertz CT molecular complexity index is 1400. The van der Waals surface area contributed by atoms with Crippen molar-refractivity contribution in [2.45, 2.75) is 6.92 Å². The molecule has 4 aromatic rings. The molecule has 0 spiro atoms. The largest absolute Gasteiger partial charge is 0.872 e. The molecule has 1 heterocycles. The third-order valence-electron chi connectivity index (χ3n) is 5.02. The minimum absolute atomic E-state index is 0.0611. The van der Waals surface area contributed by atoms with E-state index in [-0.39, 0.29) is 11.5 Å². The lowest BCUT2D eigenvalue weighted by molar-refractivity contribution is -0.536. The normalized spacial score (nSPS) is 10.3. The first kappa shape index (κ1) is 27.8. The van der Waals surface area contributed by atoms with E-state index in [1.807, 2.05) is 6.07 Å². The van der Waals surface area contributed by atoms with E-state index in [0.717, 1.165) is 0 Å². The molecular weight excluding hydrogens is 507 g/mol. The Hall–Kier alpha value is -4.80. The van der Waals surface area contributed by atoms with Gasteiger partial charge in [-0.2, -0.15) is 9.83 Å². The summed E-state index contributed by atoms with van der Waals surface area (Å²) in [7, 11) is -0.842. The first-order valence-corrected chi connectivity index (χ1v) is 12.7. The molecule has 0 atom stereocenters. The Labute approximate surface area is 220 Å². The number of rotatable bonds is 8. The number of ether oxygens (including phenoxy) is 2. The van der Waals surface area contributed by atoms with Gasteiger partial charge in [-0.3, -0.25) is 4.79 Å². The van der Waals surface area contributed by atoms with Crippen LogP contribution < -0.4 is 28.0 Å². The molecule has 9 nitrogen and oxygen atoms in total. The molecule has 0 unspecified atom stereocenters. The zero-order valence-electron chi connectivity index (χ0n) is 20.9. The van der Waals surface area contributed by atoms with E-state index in [1.54, 1.807) is 74.9 Å². The second-order valence-electron chi connectivity index (χ2n) is 7.67. The Morgan fingerprint density at radius 2 is 1.29 bits per heavy atom. The molecule has 0 aliphatic rings. The summed E-state index contributed by atoms with van der Waals surface area (Å²) >= 11 is 0. The van der Waals surface area contributed by atoms with Gasteiger partial charge in [0, 0.05) is 6.07 Å². The van der Waals surface area contributed by atoms with E-state index in [0.29, 0.717) is 34.1 Å². The first-order chi connectivity index (χ1) is 18.3. The lowest BCUT2D eigenvalue weighted by atomic mass is 10.2. The maximum Gasteiger partial charge on any atom is 0.728 e. The fraction of sp³-hybridized carbons (Fsp3) is 0.107. The van der Waals surface area contributed by atoms with Crippen LogP contribution in [-0.2, 0) is 4.57 Å². The van der Waals surface area contributed by atoms with Crippen LogP contribution in [0.3, 0.4) is 0 Å². The van der Waals surface area contributed by atoms with E-state index in [1.165, 1.54) is 47.9 Å². The SMILES string of the molecule is COc1ccc(OP(=O)(Oc2ccc(OC)cc2)[n+]2cccc(C(C)=O)c2)cc1.N#Cc1ccc([O-])cc1. The Morgan fingerprint density at radius 1 is 0.816 bits per heavy atom. The third kappa shape index (κ3) is 7.60. The summed E-state index contributed by atoms with van der Waals surface area (Å²) in [5, 5.41) is 18.7. The van der Waals surface area contributed by atoms with Gasteiger partial charge in [-0.1, -0.05) is 16.5 Å². The van der Waals surface area contributed by atoms with E-state index in [9.17, 15) is 14.5 Å². The zero-order valence-corrected chi connectivity index (χ0v) is 21.8. The molecule has 0 N–H and O–H groups in total. The lowest BCUT2D eigenvalue weighted by Gasteiger charge is -2.14. The van der Waals surface area contributed by atoms with Crippen molar-refractivity contribution < 1.29 is 37.3 Å². The number of hydrogen-bond donors (Lipinski definition) is 0. The number of nitrogens with zero attached hydrogens (tertiary/aromatic N) is 2. The second kappa shape index (κ2) is 12.9. The van der Waals surface area contributed by atoms with Gasteiger partial charge >= 0.3 is 7.75 Å². The first-order valence-electron chi connectivity index (χ1n) is 11.2. The topological polar surface area (TPSA) is 122 Å². The molecule has 0 aliphatic carbocycles. The van der Waals surface area contributed by atoms with E-state index >= 15 is 0 Å². The number of benzene rings is 3. The Morgan fingerprint density at radius 3 is 1.71 bits per heavy atom. The molecule has 0 bridgehead atoms. The number of carbonyl (C=O) groups excluding carboxylic acids is 1. The highest BCUT2D eigenvalue weighted by Crippen LogP contribution is 2.44. The number of Topliss-reactive ketones (excluding diaryl/α,β-unsaturated/α-hetero) is 1. The molecule has 0 radical (unpaired) electrons. The van der Waals surface area contributed by atoms with Crippen molar-refractivity contribution in [1.29, 1.82) is 5.26 Å². The van der Waals surface area contributed by atoms with Gasteiger partial charge in [0.15, 0.2) is 18.2 Å². The molecule has 1 aromatic heterocycles. The molecule has 0 saturated carbocycles. The molecule has 0 aliphatic heterocycles. The zero-order chi connectivity index (χ0) is 27.5. The summed E-state index contributed by atoms with van der Waals surface area (Å²) in [4.78, 5) is 11.8. The summed E-state index contributed by atoms with van der Waals surface area (Å²) in [5.41, 5.74) is 0.902. The fourth-order valence-electron chi connectivity index (χ4n) is 3.01. The van der Waals surface area contributed by atoms with E-state index in [4.69, 9.17) is 23.8 Å². The van der Waals surface area contributed by atoms with Crippen LogP contribution in [0.15, 0.2) is 97.3 Å². The van der Waals surface area contributed by atoms with Crippen LogP contribution in [0.1, 0.15) is 22.8 Å². The van der Waals surface area contributed by atoms with Crippen molar-refractivity contribution in [3.8, 4) is 34.8 Å². The van der Waals surface area contributed by atoms with Crippen LogP contribution in [0, 0.1) is 11.3 Å². The standard InChI is InChI=1S/C21H21NO6P.C7H5NO/c1-16(23)17-5-4-14-22(15-17)29(24,27-20-10-6-18(25-2)7-11-20)28-21-12-8-19(26-3)9-13-21;8-5-6-1-3-7(9)4-2-6/h4-15H,1-3H3;1-4,9H/q+1;/p-1. The number of ketones is 1. The predicted octanol–water partition coefficient (Wildman–Crippen LogP) is 4.94. The van der Waals surface area contributed by atoms with Crippen LogP contribution in [-0.4, -0.2) is 20.0 Å². The Kier molecular flexibility index (Phi) is 9.47. The summed E-state index contributed by atoms with van der Waals surface area (Å²) in [6, 6.07) is 24.1. The van der Waals surface area contributed by atoms with Gasteiger partial charge in [0.2, 0.25) is 0 Å². The highest BCUT2D eigenvalue weighted by atomic mass is 31.2. The molecule has 0 fully saturated rings. The average molecular weight is 532 g/mol. The highest BCUT2D eigenvalue weighted by molar-refractivity contribution is 7.47. The Balaban J connectivity index is 0.000000375. The van der Waals surface area contributed by atoms with Crippen molar-refractivity contribution in [1.82, 2.24) is 0 Å². The van der Waals surface area contributed by atoms with Gasteiger partial charge in [0.25, 0.3) is 0 Å². The van der Waals surface area contributed by atoms with E-state index < -0.39 is 7.75 Å². The molecular formula is C28H25N2O7P. The van der Waals surface area contributed by atoms with Crippen molar-refractivity contribution in [2.24, 2.45) is 0 Å². The molecule has 10 heteroatoms. The van der Waals surface area contributed by atoms with Gasteiger partial charge in [0.1, 0.15) is 23.0 Å². The number of methoxy groups -OCH3 is 2. The van der Waals surface area contributed by atoms with Crippen LogP contribution >= 0.6 is 7.75 Å². The third-order valence-corrected chi connectivity index (χ3v) is 6.72. The summed E-state index contributed by atoms with van der Waals surface area (Å²) in [6.07, 6.45) is 2.97. The van der Waals surface area contributed by atoms with Gasteiger partial charge < -0.3 is 23.6 Å². The lowest BCUT2D eigenvalue weighted by Crippen LogP contribution is -2.36. The molecule has 0 amide bonds. The van der Waals surface area contributed by atoms with Crippen LogP contribution in [0.4, 0.5) is 0 Å². The van der Waals surface area contributed by atoms with Crippen LogP contribution in [0.5, 0.6) is 28.7 Å². The van der Waals surface area contributed by atoms with Crippen molar-refractivity contribution in [2.75, 3.05) is 14.2 Å². The molecule has 3 aromatic carbocycles. The van der Waals surface area contributed by atoms with E-state index in [2.05, 4.69) is 0 Å². The number of pyridine rings is 1. The average Bonchev–Trinajstić information content (AvgIpc) is 2.94. The minimum atomic E-state index is -3.95. The second-order valence-corrected chi connectivity index (χ2v) is 9.43. The molecule has 194 valence electrons. The van der Waals surface area contributed by atoms with Gasteiger partial charge in [0.05, 0.1) is 31.4 Å². The van der Waals surface area contributed by atoms with Crippen molar-refractivity contribution in [3.05, 3.63) is 108 Å². The van der Waals surface area contributed by atoms with Crippen LogP contribution in [0.2, 0.25) is 0 Å². The van der Waals surface area contributed by atoms with Crippen molar-refractivity contribution >= 4 is 13.5 Å². The maximum atomic E-state index is 13.8. The number of hydrogen-bond acceptors (Lipinski definition) is 8. The summed E-state index contributed by atoms with van der Waals surface area (Å²) in [5.74, 6) is 1.68. The summed E-state index contributed by atoms with van der Waals surface area (Å²) < 4.78 is 36.9. The number of carbonyl (C=O) groups is 1. The van der Waals surface area contributed by atoms with Crippen LogP contribution in [0.25, 0.3) is 0 Å². The molecule has 4 rings (SSSR count). The highest BCUT2D eigenvalue weighted by Gasteiger charge is 2.42. The fourth-order valence-corrected chi connectivity index (χ4v) is 4.51. The maximum absolute atomic E-state index is 13.8. The molecule has 0 saturated heterocycles. The predicted molar refractivity (Wildman–Crippen MR) is 137 cm³/mol. The summed E-state index contributed by atoms with van der Waals surface area (Å²) in [6.45, 7) is 1.43. The monoisotopic (exact) mass is 532 g/mol. The number of aromatic nitrogens is 1. The molecule has 38 heavy (non-hydrogen) atoms. The number of nitriles is 1. The minimum Gasteiger partial charge on any atom is -0.872 e. The van der Waals surface area contributed by atoms with Gasteiger partial charge in [-0.25, -0.2) is 0 Å². The van der Waals surface area contributed by atoms with Crippen molar-refractivity contribution in [3.63, 3.8) is 0 Å². The van der Waals surface area contributed by atoms with Gasteiger partial charge in [-0.05, 0) is 73.7 Å². The van der Waals surface area contributed by atoms with Gasteiger partial charge in [-0.15, -0.1) is 5.75 Å². The smallest absolute Gasteiger partial charge is 0.728 e. The quantitative estimate of drug-likeness (QED) is 0.231.